The minimum atomic E-state index is -1.27. The third-order valence-electron chi connectivity index (χ3n) is 5.42. The van der Waals surface area contributed by atoms with Crippen molar-refractivity contribution in [1.29, 1.82) is 0 Å². The van der Waals surface area contributed by atoms with Gasteiger partial charge in [0.05, 0.1) is 12.4 Å². The van der Waals surface area contributed by atoms with Crippen molar-refractivity contribution in [2.45, 2.75) is 32.2 Å². The van der Waals surface area contributed by atoms with Crippen molar-refractivity contribution >= 4 is 33.6 Å². The minimum absolute atomic E-state index is 0.0395. The summed E-state index contributed by atoms with van der Waals surface area (Å²) in [5.74, 6) is -4.50. The van der Waals surface area contributed by atoms with E-state index in [0.717, 1.165) is 6.07 Å². The molecule has 1 amide bonds. The largest absolute Gasteiger partial charge is 0.480 e. The van der Waals surface area contributed by atoms with Crippen molar-refractivity contribution in [3.8, 4) is 0 Å². The Balaban J connectivity index is 2.06. The highest BCUT2D eigenvalue weighted by Gasteiger charge is 2.29. The predicted molar refractivity (Wildman–Crippen MR) is 123 cm³/mol. The number of nitrogens with zero attached hydrogens (tertiary/aromatic N) is 3. The van der Waals surface area contributed by atoms with Gasteiger partial charge in [0, 0.05) is 41.7 Å². The van der Waals surface area contributed by atoms with E-state index < -0.39 is 34.1 Å². The lowest BCUT2D eigenvalue weighted by Gasteiger charge is -2.40. The summed E-state index contributed by atoms with van der Waals surface area (Å²) in [5.41, 5.74) is 1.09. The van der Waals surface area contributed by atoms with Gasteiger partial charge in [0.2, 0.25) is 0 Å². The second kappa shape index (κ2) is 10.4. The Bertz CT molecular complexity index is 1110. The van der Waals surface area contributed by atoms with Gasteiger partial charge in [0.1, 0.15) is 12.4 Å². The van der Waals surface area contributed by atoms with E-state index in [1.807, 2.05) is 26.1 Å². The van der Waals surface area contributed by atoms with Crippen molar-refractivity contribution in [3.05, 3.63) is 58.9 Å². The molecule has 1 aliphatic rings. The second-order valence-corrected chi connectivity index (χ2v) is 9.50. The number of fused-ring (bicyclic) bond motifs is 1. The van der Waals surface area contributed by atoms with Crippen LogP contribution in [0.4, 0.5) is 18.9 Å². The van der Waals surface area contributed by atoms with E-state index in [1.54, 1.807) is 32.3 Å². The Morgan fingerprint density at radius 1 is 1.09 bits per heavy atom. The van der Waals surface area contributed by atoms with Crippen molar-refractivity contribution in [2.24, 2.45) is 0 Å². The number of carbonyl (C=O) groups excluding carboxylic acids is 1. The maximum Gasteiger partial charge on any atom is 0.323 e. The van der Waals surface area contributed by atoms with E-state index in [2.05, 4.69) is 0 Å². The topological polar surface area (TPSA) is 64.1 Å². The number of anilines is 1. The molecule has 2 aromatic carbocycles. The van der Waals surface area contributed by atoms with E-state index in [0.29, 0.717) is 35.3 Å². The number of hydrogen-bond donors (Lipinski definition) is 1. The van der Waals surface area contributed by atoms with Crippen LogP contribution in [-0.4, -0.2) is 57.9 Å². The van der Waals surface area contributed by atoms with Gasteiger partial charge in [-0.2, -0.15) is 0 Å². The van der Waals surface area contributed by atoms with Gasteiger partial charge in [-0.05, 0) is 50.4 Å². The molecular formula is C23H26F3N3O3S. The molecule has 0 saturated heterocycles. The third-order valence-corrected chi connectivity index (χ3v) is 7.44. The van der Waals surface area contributed by atoms with Crippen LogP contribution in [0, 0.1) is 17.5 Å². The zero-order valence-electron chi connectivity index (χ0n) is 18.6. The summed E-state index contributed by atoms with van der Waals surface area (Å²) in [5, 5.41) is 11.3. The molecule has 0 saturated carbocycles. The maximum absolute atomic E-state index is 14.4. The van der Waals surface area contributed by atoms with E-state index >= 15 is 0 Å². The molecule has 0 spiro atoms. The molecule has 0 bridgehead atoms. The summed E-state index contributed by atoms with van der Waals surface area (Å²) < 4.78 is 43.3. The number of aliphatic carboxylic acids is 1. The molecule has 1 heterocycles. The quantitative estimate of drug-likeness (QED) is 0.472. The SMILES string of the molecule is C/C=S1\c2cc(C(=O)N(CC)CC)ccc2N(CC(=O)O)CN1Cc1cc(F)c(F)cc1F. The molecule has 2 aromatic rings. The minimum Gasteiger partial charge on any atom is -0.480 e. The van der Waals surface area contributed by atoms with Crippen molar-refractivity contribution in [2.75, 3.05) is 31.2 Å². The first-order chi connectivity index (χ1) is 15.7. The van der Waals surface area contributed by atoms with Gasteiger partial charge in [-0.3, -0.25) is 9.59 Å². The number of hydrogen-bond acceptors (Lipinski definition) is 4. The number of amides is 1. The molecule has 3 rings (SSSR count). The fraction of sp³-hybridized carbons (Fsp3) is 0.348. The Labute approximate surface area is 193 Å². The molecule has 1 aliphatic heterocycles. The fourth-order valence-electron chi connectivity index (χ4n) is 3.81. The monoisotopic (exact) mass is 481 g/mol. The summed E-state index contributed by atoms with van der Waals surface area (Å²) in [7, 11) is -0.744. The zero-order chi connectivity index (χ0) is 24.3. The highest BCUT2D eigenvalue weighted by Crippen LogP contribution is 2.44. The lowest BCUT2D eigenvalue weighted by atomic mass is 10.1. The fourth-order valence-corrected chi connectivity index (χ4v) is 5.84. The Kier molecular flexibility index (Phi) is 7.80. The van der Waals surface area contributed by atoms with Crippen LogP contribution in [0.15, 0.2) is 35.2 Å². The number of rotatable bonds is 7. The average molecular weight is 482 g/mol. The molecule has 33 heavy (non-hydrogen) atoms. The lowest BCUT2D eigenvalue weighted by Crippen LogP contribution is -2.42. The van der Waals surface area contributed by atoms with Gasteiger partial charge in [0.25, 0.3) is 5.91 Å². The highest BCUT2D eigenvalue weighted by molar-refractivity contribution is 8.13. The smallest absolute Gasteiger partial charge is 0.323 e. The van der Waals surface area contributed by atoms with Crippen molar-refractivity contribution in [3.63, 3.8) is 0 Å². The van der Waals surface area contributed by atoms with Crippen LogP contribution in [0.25, 0.3) is 0 Å². The molecular weight excluding hydrogens is 455 g/mol. The first-order valence-corrected chi connectivity index (χ1v) is 11.8. The zero-order valence-corrected chi connectivity index (χ0v) is 19.5. The van der Waals surface area contributed by atoms with Crippen LogP contribution in [0.2, 0.25) is 0 Å². The molecule has 1 N–H and O–H groups in total. The molecule has 10 heteroatoms. The number of carboxylic acids is 1. The number of benzene rings is 2. The van der Waals surface area contributed by atoms with Crippen LogP contribution >= 0.6 is 10.7 Å². The molecule has 0 radical (unpaired) electrons. The van der Waals surface area contributed by atoms with Gasteiger partial charge >= 0.3 is 5.97 Å². The van der Waals surface area contributed by atoms with E-state index in [-0.39, 0.29) is 31.2 Å². The summed E-state index contributed by atoms with van der Waals surface area (Å²) in [6, 6.07) is 6.47. The lowest BCUT2D eigenvalue weighted by molar-refractivity contribution is -0.135. The standard InChI is InChI=1S/C23H26F3N3O3S/c1-4-27(5-2)23(32)15-7-8-20-21(10-15)33(6-3)29(14-28(20)13-22(30)31)12-16-9-18(25)19(26)11-17(16)24/h6-11H,4-5,12-14H2,1-3H3,(H,30,31). The summed E-state index contributed by atoms with van der Waals surface area (Å²) in [6.45, 7) is 6.43. The number of carboxylic acid groups (broad SMARTS) is 1. The molecule has 0 aromatic heterocycles. The molecule has 6 nitrogen and oxygen atoms in total. The first-order valence-electron chi connectivity index (χ1n) is 10.5. The summed E-state index contributed by atoms with van der Waals surface area (Å²) in [6.07, 6.45) is 0. The van der Waals surface area contributed by atoms with Crippen molar-refractivity contribution in [1.82, 2.24) is 9.21 Å². The summed E-state index contributed by atoms with van der Waals surface area (Å²) in [4.78, 5) is 28.4. The van der Waals surface area contributed by atoms with Gasteiger partial charge < -0.3 is 14.9 Å². The van der Waals surface area contributed by atoms with Crippen LogP contribution in [-0.2, 0) is 11.3 Å². The van der Waals surface area contributed by atoms with Crippen LogP contribution < -0.4 is 4.90 Å². The van der Waals surface area contributed by atoms with Gasteiger partial charge in [-0.25, -0.2) is 17.5 Å². The summed E-state index contributed by atoms with van der Waals surface area (Å²) >= 11 is 0. The Morgan fingerprint density at radius 3 is 2.36 bits per heavy atom. The normalized spacial score (nSPS) is 16.1. The van der Waals surface area contributed by atoms with Crippen LogP contribution in [0.3, 0.4) is 0 Å². The van der Waals surface area contributed by atoms with E-state index in [1.165, 1.54) is 0 Å². The van der Waals surface area contributed by atoms with E-state index in [9.17, 15) is 27.9 Å². The molecule has 1 unspecified atom stereocenters. The average Bonchev–Trinajstić information content (AvgIpc) is 2.77. The molecule has 178 valence electrons. The van der Waals surface area contributed by atoms with Crippen LogP contribution in [0.5, 0.6) is 0 Å². The molecule has 1 atom stereocenters. The third kappa shape index (κ3) is 5.22. The molecule has 0 fully saturated rings. The highest BCUT2D eigenvalue weighted by atomic mass is 32.2. The van der Waals surface area contributed by atoms with Gasteiger partial charge in [-0.1, -0.05) is 10.7 Å². The van der Waals surface area contributed by atoms with Gasteiger partial charge in [0.15, 0.2) is 11.6 Å². The molecule has 0 aliphatic carbocycles. The second-order valence-electron chi connectivity index (χ2n) is 7.44. The Hall–Kier alpha value is -2.85. The van der Waals surface area contributed by atoms with Gasteiger partial charge in [-0.15, -0.1) is 0 Å². The maximum atomic E-state index is 14.4. The van der Waals surface area contributed by atoms with E-state index in [4.69, 9.17) is 0 Å². The Morgan fingerprint density at radius 2 is 1.76 bits per heavy atom. The first kappa shape index (κ1) is 24.8. The number of carbonyl (C=O) groups is 2. The van der Waals surface area contributed by atoms with Crippen molar-refractivity contribution < 1.29 is 27.9 Å². The number of halogens is 3. The van der Waals surface area contributed by atoms with Crippen LogP contribution in [0.1, 0.15) is 36.7 Å². The predicted octanol–water partition coefficient (Wildman–Crippen LogP) is 4.32.